The van der Waals surface area contributed by atoms with Gasteiger partial charge >= 0.3 is 5.97 Å². The number of hydrogen-bond acceptors (Lipinski definition) is 2. The lowest BCUT2D eigenvalue weighted by Gasteiger charge is -2.28. The molecule has 0 aliphatic carbocycles. The van der Waals surface area contributed by atoms with Crippen LogP contribution in [-0.4, -0.2) is 34.9 Å². The van der Waals surface area contributed by atoms with Gasteiger partial charge in [-0.25, -0.2) is 0 Å². The van der Waals surface area contributed by atoms with E-state index in [1.807, 2.05) is 31.3 Å². The van der Waals surface area contributed by atoms with Crippen molar-refractivity contribution in [1.82, 2.24) is 0 Å². The van der Waals surface area contributed by atoms with Crippen LogP contribution in [-0.2, 0) is 4.79 Å². The Balaban J connectivity index is 1.93. The standard InChI is InChI=1S/C16H15NO3/c1-17-10-9-12(16(19)20)13(17)7-8-14(17)15(18)11-5-3-2-4-6-11/h2-8,12H,9-10H2,1H3/p+1. The van der Waals surface area contributed by atoms with Gasteiger partial charge in [0.2, 0.25) is 5.78 Å². The number of Topliss-reactive ketones (excluding diaryl/α,β-unsaturated/α-hetero) is 1. The molecule has 0 aromatic heterocycles. The molecule has 1 aromatic rings. The van der Waals surface area contributed by atoms with Gasteiger partial charge in [-0.15, -0.1) is 0 Å². The number of allylic oxidation sites excluding steroid dienone is 3. The lowest BCUT2D eigenvalue weighted by molar-refractivity contribution is -0.817. The van der Waals surface area contributed by atoms with Crippen molar-refractivity contribution in [3.8, 4) is 0 Å². The van der Waals surface area contributed by atoms with Crippen LogP contribution < -0.4 is 0 Å². The zero-order chi connectivity index (χ0) is 14.3. The third-order valence-electron chi connectivity index (χ3n) is 4.30. The summed E-state index contributed by atoms with van der Waals surface area (Å²) in [5, 5.41) is 9.26. The van der Waals surface area contributed by atoms with Crippen LogP contribution in [0.4, 0.5) is 0 Å². The van der Waals surface area contributed by atoms with Crippen molar-refractivity contribution < 1.29 is 19.2 Å². The van der Waals surface area contributed by atoms with Crippen molar-refractivity contribution in [3.05, 3.63) is 59.4 Å². The number of fused-ring (bicyclic) bond motifs is 1. The number of carboxylic acids is 1. The normalized spacial score (nSPS) is 27.8. The van der Waals surface area contributed by atoms with Crippen LogP contribution in [0.25, 0.3) is 0 Å². The van der Waals surface area contributed by atoms with E-state index < -0.39 is 11.9 Å². The van der Waals surface area contributed by atoms with E-state index in [1.54, 1.807) is 18.2 Å². The first-order chi connectivity index (χ1) is 9.54. The van der Waals surface area contributed by atoms with E-state index in [0.717, 1.165) is 5.70 Å². The Labute approximate surface area is 117 Å². The quantitative estimate of drug-likeness (QED) is 0.676. The maximum absolute atomic E-state index is 12.6. The number of ketones is 1. The molecule has 1 fully saturated rings. The Hall–Kier alpha value is -2.20. The van der Waals surface area contributed by atoms with Crippen molar-refractivity contribution >= 4 is 11.8 Å². The van der Waals surface area contributed by atoms with E-state index in [0.29, 0.717) is 28.7 Å². The molecule has 2 unspecified atom stereocenters. The summed E-state index contributed by atoms with van der Waals surface area (Å²) in [6.45, 7) is 0.660. The van der Waals surface area contributed by atoms with Gasteiger partial charge in [-0.1, -0.05) is 30.3 Å². The zero-order valence-electron chi connectivity index (χ0n) is 11.2. The summed E-state index contributed by atoms with van der Waals surface area (Å²) in [6, 6.07) is 9.12. The second-order valence-corrected chi connectivity index (χ2v) is 5.43. The fraction of sp³-hybridized carbons (Fsp3) is 0.250. The maximum Gasteiger partial charge on any atom is 0.316 e. The summed E-state index contributed by atoms with van der Waals surface area (Å²) < 4.78 is 0.338. The number of carbonyl (C=O) groups excluding carboxylic acids is 1. The molecule has 0 bridgehead atoms. The molecule has 2 aliphatic heterocycles. The van der Waals surface area contributed by atoms with Gasteiger partial charge in [0.05, 0.1) is 13.6 Å². The van der Waals surface area contributed by atoms with Crippen LogP contribution in [0, 0.1) is 5.92 Å². The topological polar surface area (TPSA) is 54.4 Å². The molecule has 3 rings (SSSR count). The van der Waals surface area contributed by atoms with E-state index in [2.05, 4.69) is 0 Å². The van der Waals surface area contributed by atoms with Crippen LogP contribution in [0.5, 0.6) is 0 Å². The van der Waals surface area contributed by atoms with Crippen LogP contribution in [0.15, 0.2) is 53.9 Å². The Kier molecular flexibility index (Phi) is 2.83. The Bertz CT molecular complexity index is 645. The molecule has 0 saturated carbocycles. The van der Waals surface area contributed by atoms with Gasteiger partial charge in [-0.2, -0.15) is 0 Å². The molecule has 4 heteroatoms. The van der Waals surface area contributed by atoms with Crippen molar-refractivity contribution in [1.29, 1.82) is 0 Å². The first kappa shape index (κ1) is 12.8. The average molecular weight is 270 g/mol. The van der Waals surface area contributed by atoms with Crippen molar-refractivity contribution in [2.45, 2.75) is 6.42 Å². The number of likely N-dealkylation sites (N-methyl/N-ethyl adjacent to an activating group) is 1. The van der Waals surface area contributed by atoms with E-state index in [9.17, 15) is 14.7 Å². The highest BCUT2D eigenvalue weighted by atomic mass is 16.4. The molecule has 0 amide bonds. The molecule has 2 heterocycles. The van der Waals surface area contributed by atoms with E-state index >= 15 is 0 Å². The number of carbonyl (C=O) groups is 2. The van der Waals surface area contributed by atoms with Crippen molar-refractivity contribution in [2.24, 2.45) is 5.92 Å². The van der Waals surface area contributed by atoms with Gasteiger partial charge in [-0.05, 0) is 0 Å². The van der Waals surface area contributed by atoms with E-state index in [1.165, 1.54) is 0 Å². The third-order valence-corrected chi connectivity index (χ3v) is 4.30. The minimum Gasteiger partial charge on any atom is -0.481 e. The van der Waals surface area contributed by atoms with Gasteiger partial charge < -0.3 is 5.11 Å². The number of carboxylic acid groups (broad SMARTS) is 1. The number of benzene rings is 1. The van der Waals surface area contributed by atoms with Gasteiger partial charge in [0, 0.05) is 24.1 Å². The fourth-order valence-electron chi connectivity index (χ4n) is 3.16. The first-order valence-electron chi connectivity index (χ1n) is 6.65. The Morgan fingerprint density at radius 2 is 1.90 bits per heavy atom. The Morgan fingerprint density at radius 1 is 1.20 bits per heavy atom. The number of hydrogen-bond donors (Lipinski definition) is 1. The molecule has 2 aliphatic rings. The SMILES string of the molecule is C[N+]12CCC(C(=O)O)C1=CC=C2C(=O)c1ccccc1. The summed E-state index contributed by atoms with van der Waals surface area (Å²) in [5.74, 6) is -1.30. The predicted octanol–water partition coefficient (Wildman–Crippen LogP) is 2.20. The summed E-state index contributed by atoms with van der Waals surface area (Å²) >= 11 is 0. The summed E-state index contributed by atoms with van der Waals surface area (Å²) in [7, 11) is 1.93. The lowest BCUT2D eigenvalue weighted by atomic mass is 10.1. The molecule has 2 atom stereocenters. The first-order valence-corrected chi connectivity index (χ1v) is 6.65. The number of rotatable bonds is 3. The van der Waals surface area contributed by atoms with E-state index in [4.69, 9.17) is 0 Å². The van der Waals surface area contributed by atoms with Crippen molar-refractivity contribution in [2.75, 3.05) is 13.6 Å². The number of nitrogens with zero attached hydrogens (tertiary/aromatic N) is 1. The number of quaternary nitrogens is 1. The second kappa shape index (κ2) is 4.42. The van der Waals surface area contributed by atoms with Crippen LogP contribution in [0.1, 0.15) is 16.8 Å². The van der Waals surface area contributed by atoms with Crippen LogP contribution >= 0.6 is 0 Å². The highest BCUT2D eigenvalue weighted by molar-refractivity contribution is 6.07. The molecule has 102 valence electrons. The van der Waals surface area contributed by atoms with Gasteiger partial charge in [-0.3, -0.25) is 14.1 Å². The highest BCUT2D eigenvalue weighted by Crippen LogP contribution is 2.42. The van der Waals surface area contributed by atoms with E-state index in [-0.39, 0.29) is 5.78 Å². The monoisotopic (exact) mass is 270 g/mol. The third kappa shape index (κ3) is 1.72. The summed E-state index contributed by atoms with van der Waals surface area (Å²) in [5.41, 5.74) is 2.12. The molecular formula is C16H16NO3+. The number of aliphatic carboxylic acids is 1. The molecule has 20 heavy (non-hydrogen) atoms. The van der Waals surface area contributed by atoms with Crippen molar-refractivity contribution in [3.63, 3.8) is 0 Å². The summed E-state index contributed by atoms with van der Waals surface area (Å²) in [6.07, 6.45) is 4.17. The molecule has 1 saturated heterocycles. The fourth-order valence-corrected chi connectivity index (χ4v) is 3.16. The molecule has 4 nitrogen and oxygen atoms in total. The van der Waals surface area contributed by atoms with Crippen LogP contribution in [0.3, 0.4) is 0 Å². The molecule has 0 radical (unpaired) electrons. The predicted molar refractivity (Wildman–Crippen MR) is 73.7 cm³/mol. The smallest absolute Gasteiger partial charge is 0.316 e. The largest absolute Gasteiger partial charge is 0.481 e. The maximum atomic E-state index is 12.6. The van der Waals surface area contributed by atoms with Crippen LogP contribution in [0.2, 0.25) is 0 Å². The minimum absolute atomic E-state index is 0.0228. The minimum atomic E-state index is -0.806. The molecular weight excluding hydrogens is 254 g/mol. The molecule has 1 aromatic carbocycles. The second-order valence-electron chi connectivity index (χ2n) is 5.43. The molecule has 1 N–H and O–H groups in total. The van der Waals surface area contributed by atoms with Gasteiger partial charge in [0.15, 0.2) is 5.70 Å². The zero-order valence-corrected chi connectivity index (χ0v) is 11.2. The van der Waals surface area contributed by atoms with Gasteiger partial charge in [0.1, 0.15) is 11.6 Å². The van der Waals surface area contributed by atoms with Gasteiger partial charge in [0.25, 0.3) is 0 Å². The highest BCUT2D eigenvalue weighted by Gasteiger charge is 2.51. The molecule has 0 spiro atoms. The lowest BCUT2D eigenvalue weighted by Crippen LogP contribution is -2.40. The average Bonchev–Trinajstić information content (AvgIpc) is 2.93. The summed E-state index contributed by atoms with van der Waals surface area (Å²) in [4.78, 5) is 23.9. The Morgan fingerprint density at radius 3 is 2.55 bits per heavy atom.